The van der Waals surface area contributed by atoms with E-state index in [4.69, 9.17) is 9.15 Å². The summed E-state index contributed by atoms with van der Waals surface area (Å²) in [5.74, 6) is 0.457. The zero-order valence-electron chi connectivity index (χ0n) is 17.7. The first-order chi connectivity index (χ1) is 14.9. The number of carbonyl (C=O) groups excluding carboxylic acids is 1. The van der Waals surface area contributed by atoms with Gasteiger partial charge >= 0.3 is 5.63 Å². The first-order valence-corrected chi connectivity index (χ1v) is 10.0. The molecule has 1 N–H and O–H groups in total. The highest BCUT2D eigenvalue weighted by Crippen LogP contribution is 2.23. The molecule has 3 aromatic carbocycles. The van der Waals surface area contributed by atoms with Gasteiger partial charge in [0.15, 0.2) is 0 Å². The Morgan fingerprint density at radius 1 is 0.935 bits per heavy atom. The van der Waals surface area contributed by atoms with Crippen LogP contribution in [0.25, 0.3) is 11.0 Å². The molecule has 0 aliphatic carbocycles. The van der Waals surface area contributed by atoms with Crippen LogP contribution in [-0.4, -0.2) is 5.91 Å². The Morgan fingerprint density at radius 2 is 1.71 bits per heavy atom. The Kier molecular flexibility index (Phi) is 5.58. The van der Waals surface area contributed by atoms with Crippen LogP contribution in [0.2, 0.25) is 0 Å². The predicted octanol–water partition coefficient (Wildman–Crippen LogP) is 5.55. The number of rotatable bonds is 5. The Balaban J connectivity index is 1.43. The summed E-state index contributed by atoms with van der Waals surface area (Å²) in [6.07, 6.45) is 0. The first kappa shape index (κ1) is 20.4. The van der Waals surface area contributed by atoms with Crippen molar-refractivity contribution in [2.75, 3.05) is 5.32 Å². The molecule has 156 valence electrons. The molecule has 5 nitrogen and oxygen atoms in total. The molecule has 0 saturated carbocycles. The lowest BCUT2D eigenvalue weighted by Gasteiger charge is -2.11. The van der Waals surface area contributed by atoms with Crippen LogP contribution >= 0.6 is 0 Å². The predicted molar refractivity (Wildman–Crippen MR) is 122 cm³/mol. The van der Waals surface area contributed by atoms with E-state index in [1.807, 2.05) is 63.2 Å². The van der Waals surface area contributed by atoms with Crippen molar-refractivity contribution < 1.29 is 13.9 Å². The third-order valence-corrected chi connectivity index (χ3v) is 5.40. The quantitative estimate of drug-likeness (QED) is 0.436. The summed E-state index contributed by atoms with van der Waals surface area (Å²) in [6, 6.07) is 20.1. The van der Waals surface area contributed by atoms with Gasteiger partial charge in [0.2, 0.25) is 0 Å². The van der Waals surface area contributed by atoms with Crippen molar-refractivity contribution in [3.63, 3.8) is 0 Å². The molecular weight excluding hydrogens is 390 g/mol. The summed E-state index contributed by atoms with van der Waals surface area (Å²) >= 11 is 0. The average Bonchev–Trinajstić information content (AvgIpc) is 2.75. The first-order valence-electron chi connectivity index (χ1n) is 10.0. The maximum atomic E-state index is 12.6. The molecule has 0 radical (unpaired) electrons. The molecule has 1 aromatic heterocycles. The van der Waals surface area contributed by atoms with Gasteiger partial charge in [-0.25, -0.2) is 4.79 Å². The van der Waals surface area contributed by atoms with Crippen molar-refractivity contribution in [2.24, 2.45) is 0 Å². The van der Waals surface area contributed by atoms with Gasteiger partial charge in [0.05, 0.1) is 0 Å². The van der Waals surface area contributed by atoms with E-state index in [1.54, 1.807) is 18.2 Å². The number of carbonyl (C=O) groups is 1. The molecular formula is C26H23NO4. The zero-order valence-corrected chi connectivity index (χ0v) is 17.7. The van der Waals surface area contributed by atoms with Crippen molar-refractivity contribution in [2.45, 2.75) is 27.4 Å². The fourth-order valence-corrected chi connectivity index (χ4v) is 3.40. The minimum Gasteiger partial charge on any atom is -0.489 e. The third-order valence-electron chi connectivity index (χ3n) is 5.40. The van der Waals surface area contributed by atoms with E-state index in [-0.39, 0.29) is 11.5 Å². The molecule has 0 bridgehead atoms. The highest BCUT2D eigenvalue weighted by Gasteiger charge is 2.09. The average molecular weight is 413 g/mol. The number of aryl methyl sites for hydroxylation is 2. The summed E-state index contributed by atoms with van der Waals surface area (Å²) in [5, 5.41) is 3.85. The molecule has 0 aliphatic rings. The van der Waals surface area contributed by atoms with Crippen LogP contribution in [0.1, 0.15) is 32.6 Å². The summed E-state index contributed by atoms with van der Waals surface area (Å²) in [6.45, 7) is 6.22. The van der Waals surface area contributed by atoms with Gasteiger partial charge in [-0.15, -0.1) is 0 Å². The molecule has 4 rings (SSSR count). The Morgan fingerprint density at radius 3 is 2.48 bits per heavy atom. The second-order valence-electron chi connectivity index (χ2n) is 7.59. The molecule has 0 fully saturated rings. The number of anilines is 1. The zero-order chi connectivity index (χ0) is 22.0. The Hall–Kier alpha value is -3.86. The second kappa shape index (κ2) is 8.48. The molecule has 0 unspecified atom stereocenters. The van der Waals surface area contributed by atoms with Crippen molar-refractivity contribution in [1.29, 1.82) is 0 Å². The van der Waals surface area contributed by atoms with Crippen LogP contribution in [0.5, 0.6) is 5.75 Å². The number of benzene rings is 3. The maximum absolute atomic E-state index is 12.6. The molecule has 31 heavy (non-hydrogen) atoms. The Bertz CT molecular complexity index is 1320. The smallest absolute Gasteiger partial charge is 0.336 e. The Labute approximate surface area is 180 Å². The second-order valence-corrected chi connectivity index (χ2v) is 7.59. The van der Waals surface area contributed by atoms with Crippen molar-refractivity contribution in [1.82, 2.24) is 0 Å². The SMILES string of the molecule is Cc1cccc(NC(=O)c2ccc(COc3ccc4c(C)cc(=O)oc4c3)cc2)c1C. The van der Waals surface area contributed by atoms with Gasteiger partial charge in [-0.05, 0) is 73.4 Å². The van der Waals surface area contributed by atoms with Crippen molar-refractivity contribution in [3.05, 3.63) is 105 Å². The molecule has 1 heterocycles. The number of hydrogen-bond donors (Lipinski definition) is 1. The lowest BCUT2D eigenvalue weighted by atomic mass is 10.1. The van der Waals surface area contributed by atoms with E-state index in [0.29, 0.717) is 23.5 Å². The molecule has 1 amide bonds. The van der Waals surface area contributed by atoms with Gasteiger partial charge in [0.25, 0.3) is 5.91 Å². The van der Waals surface area contributed by atoms with Gasteiger partial charge in [0, 0.05) is 28.8 Å². The van der Waals surface area contributed by atoms with E-state index < -0.39 is 0 Å². The van der Waals surface area contributed by atoms with Crippen LogP contribution in [0, 0.1) is 20.8 Å². The lowest BCUT2D eigenvalue weighted by Crippen LogP contribution is -2.13. The molecule has 4 aromatic rings. The van der Waals surface area contributed by atoms with Gasteiger partial charge in [0.1, 0.15) is 17.9 Å². The summed E-state index contributed by atoms with van der Waals surface area (Å²) in [4.78, 5) is 24.2. The minimum atomic E-state index is -0.378. The van der Waals surface area contributed by atoms with Gasteiger partial charge in [-0.1, -0.05) is 24.3 Å². The third kappa shape index (κ3) is 4.51. The monoisotopic (exact) mass is 413 g/mol. The largest absolute Gasteiger partial charge is 0.489 e. The van der Waals surface area contributed by atoms with Gasteiger partial charge in [-0.2, -0.15) is 0 Å². The summed E-state index contributed by atoms with van der Waals surface area (Å²) < 4.78 is 11.1. The van der Waals surface area contributed by atoms with Crippen LogP contribution < -0.4 is 15.7 Å². The minimum absolute atomic E-state index is 0.152. The summed E-state index contributed by atoms with van der Waals surface area (Å²) in [5.41, 5.74) is 5.50. The molecule has 0 spiro atoms. The van der Waals surface area contributed by atoms with Crippen molar-refractivity contribution >= 4 is 22.6 Å². The highest BCUT2D eigenvalue weighted by atomic mass is 16.5. The molecule has 5 heteroatoms. The number of ether oxygens (including phenoxy) is 1. The van der Waals surface area contributed by atoms with Crippen LogP contribution in [0.15, 0.2) is 75.9 Å². The standard InChI is InChI=1S/C26H23NO4/c1-16-5-4-6-23(18(16)3)27-26(29)20-9-7-19(8-10-20)15-30-21-11-12-22-17(2)13-25(28)31-24(22)14-21/h4-14H,15H2,1-3H3,(H,27,29). The molecule has 0 aliphatic heterocycles. The fraction of sp³-hybridized carbons (Fsp3) is 0.154. The van der Waals surface area contributed by atoms with Crippen LogP contribution in [-0.2, 0) is 6.61 Å². The van der Waals surface area contributed by atoms with E-state index in [2.05, 4.69) is 5.32 Å². The highest BCUT2D eigenvalue weighted by molar-refractivity contribution is 6.04. The van der Waals surface area contributed by atoms with Gasteiger partial charge < -0.3 is 14.5 Å². The number of nitrogens with one attached hydrogen (secondary N) is 1. The van der Waals surface area contributed by atoms with E-state index >= 15 is 0 Å². The van der Waals surface area contributed by atoms with Crippen molar-refractivity contribution in [3.8, 4) is 5.75 Å². The van der Waals surface area contributed by atoms with E-state index in [1.165, 1.54) is 6.07 Å². The molecule has 0 atom stereocenters. The number of fused-ring (bicyclic) bond motifs is 1. The molecule has 0 saturated heterocycles. The topological polar surface area (TPSA) is 68.5 Å². The van der Waals surface area contributed by atoms with Crippen LogP contribution in [0.4, 0.5) is 5.69 Å². The summed E-state index contributed by atoms with van der Waals surface area (Å²) in [7, 11) is 0. The van der Waals surface area contributed by atoms with Crippen LogP contribution in [0.3, 0.4) is 0 Å². The van der Waals surface area contributed by atoms with E-state index in [9.17, 15) is 9.59 Å². The number of amides is 1. The van der Waals surface area contributed by atoms with E-state index in [0.717, 1.165) is 33.3 Å². The lowest BCUT2D eigenvalue weighted by molar-refractivity contribution is 0.102. The van der Waals surface area contributed by atoms with Gasteiger partial charge in [-0.3, -0.25) is 4.79 Å². The fourth-order valence-electron chi connectivity index (χ4n) is 3.40. The normalized spacial score (nSPS) is 10.8. The number of hydrogen-bond acceptors (Lipinski definition) is 4. The maximum Gasteiger partial charge on any atom is 0.336 e.